The SMILES string of the molecule is CCn1cccc1CNCc1cccc([N+](=O)[O-])c1. The number of nitrogens with zero attached hydrogens (tertiary/aromatic N) is 2. The molecule has 0 spiro atoms. The lowest BCUT2D eigenvalue weighted by Gasteiger charge is -2.08. The van der Waals surface area contributed by atoms with E-state index in [0.717, 1.165) is 18.7 Å². The molecule has 0 aliphatic carbocycles. The highest BCUT2D eigenvalue weighted by Gasteiger charge is 2.05. The molecule has 0 fully saturated rings. The van der Waals surface area contributed by atoms with E-state index in [1.54, 1.807) is 12.1 Å². The van der Waals surface area contributed by atoms with Crippen LogP contribution in [0.3, 0.4) is 0 Å². The second-order valence-electron chi connectivity index (χ2n) is 4.32. The van der Waals surface area contributed by atoms with Crippen LogP contribution < -0.4 is 5.32 Å². The lowest BCUT2D eigenvalue weighted by molar-refractivity contribution is -0.384. The molecule has 0 aliphatic rings. The van der Waals surface area contributed by atoms with Gasteiger partial charge in [-0.05, 0) is 24.6 Å². The molecule has 0 radical (unpaired) electrons. The highest BCUT2D eigenvalue weighted by Crippen LogP contribution is 2.13. The molecule has 0 saturated carbocycles. The van der Waals surface area contributed by atoms with E-state index < -0.39 is 0 Å². The van der Waals surface area contributed by atoms with Crippen LogP contribution in [0.4, 0.5) is 5.69 Å². The smallest absolute Gasteiger partial charge is 0.269 e. The highest BCUT2D eigenvalue weighted by atomic mass is 16.6. The fraction of sp³-hybridized carbons (Fsp3) is 0.286. The van der Waals surface area contributed by atoms with Gasteiger partial charge in [-0.3, -0.25) is 10.1 Å². The fourth-order valence-electron chi connectivity index (χ4n) is 2.03. The summed E-state index contributed by atoms with van der Waals surface area (Å²) < 4.78 is 2.17. The van der Waals surface area contributed by atoms with Crippen molar-refractivity contribution in [3.8, 4) is 0 Å². The quantitative estimate of drug-likeness (QED) is 0.641. The number of nitrogens with one attached hydrogen (secondary N) is 1. The molecule has 1 N–H and O–H groups in total. The van der Waals surface area contributed by atoms with Crippen LogP contribution in [0.25, 0.3) is 0 Å². The third kappa shape index (κ3) is 3.42. The van der Waals surface area contributed by atoms with Gasteiger partial charge < -0.3 is 9.88 Å². The van der Waals surface area contributed by atoms with Gasteiger partial charge in [-0.1, -0.05) is 12.1 Å². The number of benzene rings is 1. The number of aryl methyl sites for hydroxylation is 1. The van der Waals surface area contributed by atoms with Crippen molar-refractivity contribution in [2.75, 3.05) is 0 Å². The maximum absolute atomic E-state index is 10.7. The van der Waals surface area contributed by atoms with E-state index in [0.29, 0.717) is 6.54 Å². The Morgan fingerprint density at radius 1 is 1.26 bits per heavy atom. The predicted molar refractivity (Wildman–Crippen MR) is 73.7 cm³/mol. The van der Waals surface area contributed by atoms with Crippen molar-refractivity contribution in [2.24, 2.45) is 0 Å². The molecule has 1 aromatic carbocycles. The Kier molecular flexibility index (Phi) is 4.30. The van der Waals surface area contributed by atoms with Crippen molar-refractivity contribution in [3.05, 3.63) is 64.0 Å². The molecule has 19 heavy (non-hydrogen) atoms. The Morgan fingerprint density at radius 3 is 2.84 bits per heavy atom. The van der Waals surface area contributed by atoms with E-state index >= 15 is 0 Å². The third-order valence-electron chi connectivity index (χ3n) is 3.02. The van der Waals surface area contributed by atoms with Crippen LogP contribution >= 0.6 is 0 Å². The Bertz CT molecular complexity index is 563. The molecule has 0 amide bonds. The van der Waals surface area contributed by atoms with E-state index in [2.05, 4.69) is 22.9 Å². The van der Waals surface area contributed by atoms with Crippen molar-refractivity contribution < 1.29 is 4.92 Å². The zero-order chi connectivity index (χ0) is 13.7. The van der Waals surface area contributed by atoms with Gasteiger partial charge in [-0.2, -0.15) is 0 Å². The molecule has 1 aromatic heterocycles. The summed E-state index contributed by atoms with van der Waals surface area (Å²) in [7, 11) is 0. The topological polar surface area (TPSA) is 60.1 Å². The summed E-state index contributed by atoms with van der Waals surface area (Å²) in [5.74, 6) is 0. The maximum Gasteiger partial charge on any atom is 0.269 e. The molecular weight excluding hydrogens is 242 g/mol. The fourth-order valence-corrected chi connectivity index (χ4v) is 2.03. The van der Waals surface area contributed by atoms with E-state index in [-0.39, 0.29) is 10.6 Å². The summed E-state index contributed by atoms with van der Waals surface area (Å²) in [4.78, 5) is 10.3. The van der Waals surface area contributed by atoms with Crippen molar-refractivity contribution in [3.63, 3.8) is 0 Å². The Hall–Kier alpha value is -2.14. The van der Waals surface area contributed by atoms with E-state index in [9.17, 15) is 10.1 Å². The minimum absolute atomic E-state index is 0.135. The Morgan fingerprint density at radius 2 is 2.11 bits per heavy atom. The molecule has 0 saturated heterocycles. The molecule has 5 heteroatoms. The molecular formula is C14H17N3O2. The summed E-state index contributed by atoms with van der Waals surface area (Å²) in [6.45, 7) is 4.42. The summed E-state index contributed by atoms with van der Waals surface area (Å²) in [6.07, 6.45) is 2.05. The minimum Gasteiger partial charge on any atom is -0.351 e. The predicted octanol–water partition coefficient (Wildman–Crippen LogP) is 2.71. The number of rotatable bonds is 6. The van der Waals surface area contributed by atoms with Crippen LogP contribution in [0, 0.1) is 10.1 Å². The minimum atomic E-state index is -0.369. The first kappa shape index (κ1) is 13.3. The Balaban J connectivity index is 1.92. The van der Waals surface area contributed by atoms with Crippen LogP contribution in [-0.4, -0.2) is 9.49 Å². The van der Waals surface area contributed by atoms with E-state index in [1.807, 2.05) is 18.3 Å². The highest BCUT2D eigenvalue weighted by molar-refractivity contribution is 5.34. The molecule has 2 aromatic rings. The molecule has 100 valence electrons. The first-order valence-electron chi connectivity index (χ1n) is 6.28. The van der Waals surface area contributed by atoms with E-state index in [4.69, 9.17) is 0 Å². The summed E-state index contributed by atoms with van der Waals surface area (Å²) in [6, 6.07) is 10.8. The van der Waals surface area contributed by atoms with Gasteiger partial charge in [0.2, 0.25) is 0 Å². The summed E-state index contributed by atoms with van der Waals surface area (Å²) >= 11 is 0. The normalized spacial score (nSPS) is 10.6. The third-order valence-corrected chi connectivity index (χ3v) is 3.02. The van der Waals surface area contributed by atoms with Gasteiger partial charge in [0.1, 0.15) is 0 Å². The second-order valence-corrected chi connectivity index (χ2v) is 4.32. The van der Waals surface area contributed by atoms with Gasteiger partial charge in [0.15, 0.2) is 0 Å². The van der Waals surface area contributed by atoms with E-state index in [1.165, 1.54) is 11.8 Å². The number of hydrogen-bond donors (Lipinski definition) is 1. The van der Waals surface area contributed by atoms with Crippen molar-refractivity contribution in [2.45, 2.75) is 26.6 Å². The van der Waals surface area contributed by atoms with Gasteiger partial charge in [-0.15, -0.1) is 0 Å². The Labute approximate surface area is 112 Å². The summed E-state index contributed by atoms with van der Waals surface area (Å²) in [5, 5.41) is 14.0. The van der Waals surface area contributed by atoms with Gasteiger partial charge in [0.25, 0.3) is 5.69 Å². The van der Waals surface area contributed by atoms with Crippen LogP contribution in [0.5, 0.6) is 0 Å². The molecule has 2 rings (SSSR count). The van der Waals surface area contributed by atoms with Crippen LogP contribution in [0.15, 0.2) is 42.6 Å². The molecule has 0 bridgehead atoms. The number of aromatic nitrogens is 1. The molecule has 5 nitrogen and oxygen atoms in total. The zero-order valence-electron chi connectivity index (χ0n) is 10.9. The molecule has 1 heterocycles. The zero-order valence-corrected chi connectivity index (χ0v) is 10.9. The molecule has 0 unspecified atom stereocenters. The van der Waals surface area contributed by atoms with Crippen LogP contribution in [0.2, 0.25) is 0 Å². The van der Waals surface area contributed by atoms with Crippen molar-refractivity contribution >= 4 is 5.69 Å². The lowest BCUT2D eigenvalue weighted by Crippen LogP contribution is -2.15. The number of nitro benzene ring substituents is 1. The largest absolute Gasteiger partial charge is 0.351 e. The van der Waals surface area contributed by atoms with Gasteiger partial charge >= 0.3 is 0 Å². The van der Waals surface area contributed by atoms with Gasteiger partial charge in [0.05, 0.1) is 4.92 Å². The van der Waals surface area contributed by atoms with Gasteiger partial charge in [0, 0.05) is 43.7 Å². The first-order chi connectivity index (χ1) is 9.20. The average Bonchev–Trinajstić information content (AvgIpc) is 2.86. The number of hydrogen-bond acceptors (Lipinski definition) is 3. The first-order valence-corrected chi connectivity index (χ1v) is 6.28. The van der Waals surface area contributed by atoms with Gasteiger partial charge in [-0.25, -0.2) is 0 Å². The number of nitro groups is 1. The van der Waals surface area contributed by atoms with Crippen LogP contribution in [-0.2, 0) is 19.6 Å². The van der Waals surface area contributed by atoms with Crippen molar-refractivity contribution in [1.29, 1.82) is 0 Å². The maximum atomic E-state index is 10.7. The standard InChI is InChI=1S/C14H17N3O2/c1-2-16-8-4-7-14(16)11-15-10-12-5-3-6-13(9-12)17(18)19/h3-9,15H,2,10-11H2,1H3. The second kappa shape index (κ2) is 6.15. The average molecular weight is 259 g/mol. The van der Waals surface area contributed by atoms with Crippen LogP contribution in [0.1, 0.15) is 18.2 Å². The van der Waals surface area contributed by atoms with Crippen molar-refractivity contribution in [1.82, 2.24) is 9.88 Å². The number of non-ortho nitro benzene ring substituents is 1. The molecule has 0 atom stereocenters. The summed E-state index contributed by atoms with van der Waals surface area (Å²) in [5.41, 5.74) is 2.27. The monoisotopic (exact) mass is 259 g/mol. The lowest BCUT2D eigenvalue weighted by atomic mass is 10.2. The molecule has 0 aliphatic heterocycles.